The number of benzene rings is 1. The normalized spacial score (nSPS) is 10.2. The van der Waals surface area contributed by atoms with E-state index in [2.05, 4.69) is 4.98 Å². The van der Waals surface area contributed by atoms with E-state index in [0.717, 1.165) is 11.1 Å². The topological polar surface area (TPSA) is 50.2 Å². The molecule has 1 aromatic heterocycles. The van der Waals surface area contributed by atoms with E-state index in [1.54, 1.807) is 24.5 Å². The molecule has 1 aromatic carbocycles. The van der Waals surface area contributed by atoms with Crippen molar-refractivity contribution in [2.75, 3.05) is 0 Å². The highest BCUT2D eigenvalue weighted by molar-refractivity contribution is 6.31. The molecule has 0 fully saturated rings. The molecule has 0 aliphatic heterocycles. The van der Waals surface area contributed by atoms with Gasteiger partial charge in [-0.25, -0.2) is 4.79 Å². The van der Waals surface area contributed by atoms with Gasteiger partial charge in [0.1, 0.15) is 0 Å². The largest absolute Gasteiger partial charge is 0.478 e. The molecule has 86 valence electrons. The van der Waals surface area contributed by atoms with Gasteiger partial charge in [-0.15, -0.1) is 0 Å². The summed E-state index contributed by atoms with van der Waals surface area (Å²) in [5.41, 5.74) is 2.10. The van der Waals surface area contributed by atoms with Crippen LogP contribution in [0.25, 0.3) is 0 Å². The van der Waals surface area contributed by atoms with Crippen molar-refractivity contribution in [3.05, 3.63) is 64.4 Å². The van der Waals surface area contributed by atoms with E-state index in [1.165, 1.54) is 6.07 Å². The molecule has 17 heavy (non-hydrogen) atoms. The molecular formula is C13H10ClNO2. The van der Waals surface area contributed by atoms with Crippen LogP contribution in [-0.2, 0) is 6.42 Å². The lowest BCUT2D eigenvalue weighted by molar-refractivity contribution is 0.0697. The summed E-state index contributed by atoms with van der Waals surface area (Å²) in [6.07, 6.45) is 4.00. The number of hydrogen-bond acceptors (Lipinski definition) is 2. The molecule has 0 aliphatic carbocycles. The zero-order chi connectivity index (χ0) is 12.3. The minimum atomic E-state index is -0.947. The molecule has 0 saturated carbocycles. The highest BCUT2D eigenvalue weighted by Crippen LogP contribution is 2.20. The zero-order valence-electron chi connectivity index (χ0n) is 8.93. The SMILES string of the molecule is O=C(O)c1ccc(Cl)c(Cc2ccncc2)c1. The first-order valence-electron chi connectivity index (χ1n) is 5.07. The molecule has 0 saturated heterocycles. The average molecular weight is 248 g/mol. The first-order valence-corrected chi connectivity index (χ1v) is 5.45. The summed E-state index contributed by atoms with van der Waals surface area (Å²) in [6, 6.07) is 8.47. The molecule has 0 atom stereocenters. The van der Waals surface area contributed by atoms with Gasteiger partial charge in [0, 0.05) is 17.4 Å². The second-order valence-electron chi connectivity index (χ2n) is 3.64. The lowest BCUT2D eigenvalue weighted by Gasteiger charge is -2.05. The van der Waals surface area contributed by atoms with Crippen molar-refractivity contribution < 1.29 is 9.90 Å². The smallest absolute Gasteiger partial charge is 0.335 e. The summed E-state index contributed by atoms with van der Waals surface area (Å²) in [7, 11) is 0. The van der Waals surface area contributed by atoms with Crippen LogP contribution in [0.3, 0.4) is 0 Å². The van der Waals surface area contributed by atoms with E-state index < -0.39 is 5.97 Å². The zero-order valence-corrected chi connectivity index (χ0v) is 9.69. The molecular weight excluding hydrogens is 238 g/mol. The minimum absolute atomic E-state index is 0.249. The number of carboxylic acid groups (broad SMARTS) is 1. The molecule has 1 heterocycles. The van der Waals surface area contributed by atoms with Crippen LogP contribution < -0.4 is 0 Å². The third-order valence-corrected chi connectivity index (χ3v) is 2.81. The molecule has 3 nitrogen and oxygen atoms in total. The fourth-order valence-corrected chi connectivity index (χ4v) is 1.75. The summed E-state index contributed by atoms with van der Waals surface area (Å²) in [5.74, 6) is -0.947. The summed E-state index contributed by atoms with van der Waals surface area (Å²) >= 11 is 6.04. The second-order valence-corrected chi connectivity index (χ2v) is 4.05. The van der Waals surface area contributed by atoms with Crippen LogP contribution in [0.15, 0.2) is 42.7 Å². The van der Waals surface area contributed by atoms with E-state index >= 15 is 0 Å². The van der Waals surface area contributed by atoms with Crippen molar-refractivity contribution in [3.63, 3.8) is 0 Å². The van der Waals surface area contributed by atoms with Crippen LogP contribution in [0.4, 0.5) is 0 Å². The molecule has 4 heteroatoms. The van der Waals surface area contributed by atoms with Crippen LogP contribution in [0.1, 0.15) is 21.5 Å². The van der Waals surface area contributed by atoms with Gasteiger partial charge < -0.3 is 5.11 Å². The Balaban J connectivity index is 2.32. The van der Waals surface area contributed by atoms with E-state index in [1.807, 2.05) is 12.1 Å². The molecule has 0 radical (unpaired) electrons. The third kappa shape index (κ3) is 2.82. The van der Waals surface area contributed by atoms with Crippen molar-refractivity contribution >= 4 is 17.6 Å². The van der Waals surface area contributed by atoms with Crippen molar-refractivity contribution in [2.45, 2.75) is 6.42 Å². The fourth-order valence-electron chi connectivity index (χ4n) is 1.56. The molecule has 0 bridgehead atoms. The van der Waals surface area contributed by atoms with Gasteiger partial charge in [0.05, 0.1) is 5.56 Å². The third-order valence-electron chi connectivity index (χ3n) is 2.44. The van der Waals surface area contributed by atoms with E-state index in [4.69, 9.17) is 16.7 Å². The number of aromatic nitrogens is 1. The predicted molar refractivity (Wildman–Crippen MR) is 65.5 cm³/mol. The number of nitrogens with zero attached hydrogens (tertiary/aromatic N) is 1. The van der Waals surface area contributed by atoms with Crippen molar-refractivity contribution in [3.8, 4) is 0 Å². The quantitative estimate of drug-likeness (QED) is 0.907. The van der Waals surface area contributed by atoms with Crippen LogP contribution >= 0.6 is 11.6 Å². The van der Waals surface area contributed by atoms with Gasteiger partial charge in [-0.2, -0.15) is 0 Å². The van der Waals surface area contributed by atoms with Gasteiger partial charge in [0.2, 0.25) is 0 Å². The van der Waals surface area contributed by atoms with Gasteiger partial charge in [0.15, 0.2) is 0 Å². The first-order chi connectivity index (χ1) is 8.16. The van der Waals surface area contributed by atoms with Crippen molar-refractivity contribution in [1.29, 1.82) is 0 Å². The van der Waals surface area contributed by atoms with Crippen molar-refractivity contribution in [2.24, 2.45) is 0 Å². The summed E-state index contributed by atoms with van der Waals surface area (Å²) < 4.78 is 0. The Labute approximate surface area is 104 Å². The highest BCUT2D eigenvalue weighted by Gasteiger charge is 2.07. The van der Waals surface area contributed by atoms with Gasteiger partial charge in [0.25, 0.3) is 0 Å². The maximum Gasteiger partial charge on any atom is 0.335 e. The number of pyridine rings is 1. The van der Waals surface area contributed by atoms with Crippen LogP contribution in [0, 0.1) is 0 Å². The average Bonchev–Trinajstić information content (AvgIpc) is 2.33. The fraction of sp³-hybridized carbons (Fsp3) is 0.0769. The lowest BCUT2D eigenvalue weighted by atomic mass is 10.0. The molecule has 1 N–H and O–H groups in total. The van der Waals surface area contributed by atoms with Crippen LogP contribution in [0.5, 0.6) is 0 Å². The maximum absolute atomic E-state index is 10.9. The summed E-state index contributed by atoms with van der Waals surface area (Å²) in [4.78, 5) is 14.8. The first kappa shape index (κ1) is 11.6. The maximum atomic E-state index is 10.9. The van der Waals surface area contributed by atoms with Crippen molar-refractivity contribution in [1.82, 2.24) is 4.98 Å². The number of rotatable bonds is 3. The van der Waals surface area contributed by atoms with E-state index in [0.29, 0.717) is 11.4 Å². The second kappa shape index (κ2) is 4.97. The van der Waals surface area contributed by atoms with Gasteiger partial charge in [-0.1, -0.05) is 11.6 Å². The molecule has 2 aromatic rings. The Morgan fingerprint density at radius 3 is 2.59 bits per heavy atom. The Morgan fingerprint density at radius 2 is 1.94 bits per heavy atom. The van der Waals surface area contributed by atoms with Crippen LogP contribution in [0.2, 0.25) is 5.02 Å². The monoisotopic (exact) mass is 247 g/mol. The summed E-state index contributed by atoms with van der Waals surface area (Å²) in [5, 5.41) is 9.49. The Kier molecular flexibility index (Phi) is 3.40. The van der Waals surface area contributed by atoms with Gasteiger partial charge >= 0.3 is 5.97 Å². The number of hydrogen-bond donors (Lipinski definition) is 1. The predicted octanol–water partition coefficient (Wildman–Crippen LogP) is 3.02. The molecule has 2 rings (SSSR count). The number of carboxylic acids is 1. The molecule has 0 amide bonds. The van der Waals surface area contributed by atoms with E-state index in [9.17, 15) is 4.79 Å². The summed E-state index contributed by atoms with van der Waals surface area (Å²) in [6.45, 7) is 0. The molecule has 0 unspecified atom stereocenters. The number of carbonyl (C=O) groups is 1. The van der Waals surface area contributed by atoms with Crippen LogP contribution in [-0.4, -0.2) is 16.1 Å². The Hall–Kier alpha value is -1.87. The van der Waals surface area contributed by atoms with Gasteiger partial charge in [-0.05, 0) is 47.9 Å². The number of halogens is 1. The lowest BCUT2D eigenvalue weighted by Crippen LogP contribution is -1.98. The highest BCUT2D eigenvalue weighted by atomic mass is 35.5. The van der Waals surface area contributed by atoms with E-state index in [-0.39, 0.29) is 5.56 Å². The standard InChI is InChI=1S/C13H10ClNO2/c14-12-2-1-10(13(16)17)8-11(12)7-9-3-5-15-6-4-9/h1-6,8H,7H2,(H,16,17). The number of aromatic carboxylic acids is 1. The Morgan fingerprint density at radius 1 is 1.24 bits per heavy atom. The minimum Gasteiger partial charge on any atom is -0.478 e. The van der Waals surface area contributed by atoms with Gasteiger partial charge in [-0.3, -0.25) is 4.98 Å². The molecule has 0 aliphatic rings. The molecule has 0 spiro atoms. The Bertz CT molecular complexity index is 540.